The summed E-state index contributed by atoms with van der Waals surface area (Å²) in [5, 5.41) is 15.3. The van der Waals surface area contributed by atoms with Crippen LogP contribution in [0.5, 0.6) is 0 Å². The molecule has 2 atom stereocenters. The van der Waals surface area contributed by atoms with Crippen LogP contribution >= 0.6 is 11.8 Å². The number of ether oxygens (including phenoxy) is 1. The zero-order chi connectivity index (χ0) is 27.7. The lowest BCUT2D eigenvalue weighted by molar-refractivity contribution is -0.152. The van der Waals surface area contributed by atoms with Crippen molar-refractivity contribution in [1.82, 2.24) is 4.90 Å². The van der Waals surface area contributed by atoms with E-state index in [0.717, 1.165) is 27.3 Å². The number of hydrogen-bond donors (Lipinski definition) is 2. The molecule has 9 nitrogen and oxygen atoms in total. The molecule has 0 aliphatic carbocycles. The Morgan fingerprint density at radius 1 is 1.00 bits per heavy atom. The zero-order valence-corrected chi connectivity index (χ0v) is 22.3. The Hall–Kier alpha value is -3.63. The minimum atomic E-state index is -1.26. The van der Waals surface area contributed by atoms with Crippen molar-refractivity contribution < 1.29 is 34.1 Å². The number of aliphatic carboxylic acids is 2. The molecule has 0 bridgehead atoms. The fraction of sp³-hybridized carbons (Fsp3) is 0.333. The van der Waals surface area contributed by atoms with Gasteiger partial charge in [0.2, 0.25) is 0 Å². The topological polar surface area (TPSA) is 124 Å². The van der Waals surface area contributed by atoms with Crippen molar-refractivity contribution in [3.63, 3.8) is 0 Å². The largest absolute Gasteiger partial charge is 0.478 e. The number of benzene rings is 2. The van der Waals surface area contributed by atoms with E-state index in [-0.39, 0.29) is 11.2 Å². The first kappa shape index (κ1) is 29.6. The van der Waals surface area contributed by atoms with E-state index in [9.17, 15) is 19.2 Å². The number of rotatable bonds is 7. The lowest BCUT2D eigenvalue weighted by atomic mass is 10.0. The van der Waals surface area contributed by atoms with Crippen molar-refractivity contribution in [3.05, 3.63) is 71.3 Å². The summed E-state index contributed by atoms with van der Waals surface area (Å²) in [6, 6.07) is 14.2. The molecule has 1 amide bonds. The average Bonchev–Trinajstić information content (AvgIpc) is 2.91. The monoisotopic (exact) mass is 528 g/mol. The van der Waals surface area contributed by atoms with Crippen LogP contribution in [0.2, 0.25) is 0 Å². The molecule has 2 unspecified atom stereocenters. The van der Waals surface area contributed by atoms with Crippen molar-refractivity contribution in [3.8, 4) is 0 Å². The molecule has 37 heavy (non-hydrogen) atoms. The number of carbonyl (C=O) groups excluding carboxylic acids is 2. The highest BCUT2D eigenvalue weighted by Crippen LogP contribution is 2.47. The fourth-order valence-corrected chi connectivity index (χ4v) is 4.92. The average molecular weight is 529 g/mol. The van der Waals surface area contributed by atoms with Gasteiger partial charge in [-0.05, 0) is 51.2 Å². The van der Waals surface area contributed by atoms with Crippen LogP contribution in [0.3, 0.4) is 0 Å². The smallest absolute Gasteiger partial charge is 0.328 e. The van der Waals surface area contributed by atoms with Gasteiger partial charge in [-0.25, -0.2) is 9.59 Å². The second-order valence-electron chi connectivity index (χ2n) is 8.75. The second kappa shape index (κ2) is 13.6. The standard InChI is InChI=1S/C23H28N2O3S.C4H4O4/c1-15-6-9-18(10-7-15)22-21(28-17(3)26)23(27)25(13-12-24(4)5)19-11-8-16(2)14-20(19)29-22;5-3(6)1-2-4(7)8/h6-11,14,21-22H,12-13H2,1-5H3;1-2H,(H,5,6)(H,7,8)/b;2-1-. The van der Waals surface area contributed by atoms with Crippen molar-refractivity contribution in [2.75, 3.05) is 32.1 Å². The Labute approximate surface area is 220 Å². The van der Waals surface area contributed by atoms with E-state index in [1.807, 2.05) is 69.2 Å². The third-order valence-corrected chi connectivity index (χ3v) is 6.64. The maximum Gasteiger partial charge on any atom is 0.328 e. The molecule has 0 fully saturated rings. The molecule has 3 rings (SSSR count). The third kappa shape index (κ3) is 9.07. The van der Waals surface area contributed by atoms with Crippen LogP contribution in [0.15, 0.2) is 59.5 Å². The molecule has 0 saturated carbocycles. The Balaban J connectivity index is 0.000000521. The molecule has 0 aromatic heterocycles. The number of esters is 1. The number of likely N-dealkylation sites (N-methyl/N-ethyl adjacent to an activating group) is 1. The summed E-state index contributed by atoms with van der Waals surface area (Å²) in [4.78, 5) is 49.4. The number of carbonyl (C=O) groups is 4. The van der Waals surface area contributed by atoms with Gasteiger partial charge in [0.15, 0.2) is 6.10 Å². The summed E-state index contributed by atoms with van der Waals surface area (Å²) in [6.07, 6.45) is 0.236. The van der Waals surface area contributed by atoms with Crippen LogP contribution in [0.4, 0.5) is 5.69 Å². The molecule has 0 saturated heterocycles. The van der Waals surface area contributed by atoms with Crippen LogP contribution < -0.4 is 4.90 Å². The van der Waals surface area contributed by atoms with Crippen molar-refractivity contribution >= 4 is 41.3 Å². The van der Waals surface area contributed by atoms with Gasteiger partial charge in [-0.3, -0.25) is 9.59 Å². The van der Waals surface area contributed by atoms with Crippen LogP contribution in [-0.2, 0) is 23.9 Å². The Kier molecular flexibility index (Phi) is 10.9. The van der Waals surface area contributed by atoms with Gasteiger partial charge in [-0.2, -0.15) is 0 Å². The van der Waals surface area contributed by atoms with Gasteiger partial charge in [-0.1, -0.05) is 35.9 Å². The van der Waals surface area contributed by atoms with Crippen LogP contribution in [0, 0.1) is 13.8 Å². The van der Waals surface area contributed by atoms with Gasteiger partial charge in [0.1, 0.15) is 0 Å². The number of amides is 1. The van der Waals surface area contributed by atoms with Crippen LogP contribution in [0.25, 0.3) is 0 Å². The first-order valence-corrected chi connectivity index (χ1v) is 12.4. The zero-order valence-electron chi connectivity index (χ0n) is 21.5. The number of carboxylic acid groups (broad SMARTS) is 2. The second-order valence-corrected chi connectivity index (χ2v) is 9.94. The summed E-state index contributed by atoms with van der Waals surface area (Å²) < 4.78 is 5.61. The molecular weight excluding hydrogens is 496 g/mol. The minimum Gasteiger partial charge on any atom is -0.478 e. The molecule has 2 aromatic carbocycles. The Bertz CT molecular complexity index is 1150. The predicted octanol–water partition coefficient (Wildman–Crippen LogP) is 3.69. The fourth-order valence-electron chi connectivity index (χ4n) is 3.50. The first-order chi connectivity index (χ1) is 17.4. The number of anilines is 1. The highest BCUT2D eigenvalue weighted by atomic mass is 32.2. The SMILES string of the molecule is CC(=O)OC1C(=O)N(CCN(C)C)c2ccc(C)cc2SC1c1ccc(C)cc1.O=C(O)/C=C\C(=O)O. The summed E-state index contributed by atoms with van der Waals surface area (Å²) in [5.74, 6) is -3.14. The van der Waals surface area contributed by atoms with E-state index in [1.165, 1.54) is 6.92 Å². The van der Waals surface area contributed by atoms with Crippen LogP contribution in [-0.4, -0.2) is 72.2 Å². The molecule has 2 aromatic rings. The highest BCUT2D eigenvalue weighted by molar-refractivity contribution is 7.99. The van der Waals surface area contributed by atoms with E-state index in [0.29, 0.717) is 25.2 Å². The van der Waals surface area contributed by atoms with E-state index in [1.54, 1.807) is 16.7 Å². The minimum absolute atomic E-state index is 0.178. The van der Waals surface area contributed by atoms with Gasteiger partial charge < -0.3 is 24.7 Å². The molecule has 2 N–H and O–H groups in total. The van der Waals surface area contributed by atoms with E-state index in [2.05, 4.69) is 6.07 Å². The van der Waals surface area contributed by atoms with Gasteiger partial charge in [0, 0.05) is 37.1 Å². The summed E-state index contributed by atoms with van der Waals surface area (Å²) in [7, 11) is 3.96. The van der Waals surface area contributed by atoms with Gasteiger partial charge in [-0.15, -0.1) is 11.8 Å². The number of carboxylic acids is 2. The molecule has 1 aliphatic rings. The van der Waals surface area contributed by atoms with Crippen molar-refractivity contribution in [2.45, 2.75) is 37.0 Å². The first-order valence-electron chi connectivity index (χ1n) is 11.5. The molecular formula is C27H32N2O7S. The third-order valence-electron chi connectivity index (χ3n) is 5.28. The molecule has 198 valence electrons. The van der Waals surface area contributed by atoms with E-state index >= 15 is 0 Å². The van der Waals surface area contributed by atoms with Gasteiger partial charge in [0.25, 0.3) is 5.91 Å². The number of nitrogens with zero attached hydrogens (tertiary/aromatic N) is 2. The van der Waals surface area contributed by atoms with Crippen molar-refractivity contribution in [1.29, 1.82) is 0 Å². The predicted molar refractivity (Wildman–Crippen MR) is 142 cm³/mol. The quantitative estimate of drug-likeness (QED) is 0.409. The number of hydrogen-bond acceptors (Lipinski definition) is 7. The molecule has 0 radical (unpaired) electrons. The molecule has 10 heteroatoms. The summed E-state index contributed by atoms with van der Waals surface area (Å²) in [5.41, 5.74) is 4.12. The highest BCUT2D eigenvalue weighted by Gasteiger charge is 2.40. The Morgan fingerprint density at radius 2 is 1.57 bits per heavy atom. The summed E-state index contributed by atoms with van der Waals surface area (Å²) in [6.45, 7) is 6.67. The maximum absolute atomic E-state index is 13.6. The molecule has 0 spiro atoms. The maximum atomic E-state index is 13.6. The normalized spacial score (nSPS) is 17.0. The molecule has 1 aliphatic heterocycles. The number of aryl methyl sites for hydroxylation is 2. The van der Waals surface area contributed by atoms with Gasteiger partial charge in [0.05, 0.1) is 10.9 Å². The van der Waals surface area contributed by atoms with E-state index in [4.69, 9.17) is 14.9 Å². The van der Waals surface area contributed by atoms with E-state index < -0.39 is 24.0 Å². The lowest BCUT2D eigenvalue weighted by Crippen LogP contribution is -2.45. The Morgan fingerprint density at radius 3 is 2.08 bits per heavy atom. The summed E-state index contributed by atoms with van der Waals surface area (Å²) >= 11 is 1.59. The number of thioether (sulfide) groups is 1. The lowest BCUT2D eigenvalue weighted by Gasteiger charge is -2.28. The van der Waals surface area contributed by atoms with Gasteiger partial charge >= 0.3 is 17.9 Å². The van der Waals surface area contributed by atoms with Crippen molar-refractivity contribution in [2.24, 2.45) is 0 Å². The molecule has 1 heterocycles. The number of fused-ring (bicyclic) bond motifs is 1. The van der Waals surface area contributed by atoms with Crippen LogP contribution in [0.1, 0.15) is 28.9 Å².